The molecule has 2 aromatic carbocycles. The molecular formula is C25H23Cl2N3O6. The molecule has 1 aromatic heterocycles. The summed E-state index contributed by atoms with van der Waals surface area (Å²) in [5.74, 6) is -0.0689. The van der Waals surface area contributed by atoms with Gasteiger partial charge in [0.1, 0.15) is 11.8 Å². The van der Waals surface area contributed by atoms with Gasteiger partial charge in [0.15, 0.2) is 0 Å². The molecule has 0 saturated heterocycles. The smallest absolute Gasteiger partial charge is 0.328 e. The topological polar surface area (TPSA) is 109 Å². The summed E-state index contributed by atoms with van der Waals surface area (Å²) < 4.78 is 20.7. The monoisotopic (exact) mass is 531 g/mol. The molecule has 0 aliphatic carbocycles. The zero-order valence-corrected chi connectivity index (χ0v) is 21.2. The van der Waals surface area contributed by atoms with Gasteiger partial charge in [-0.05, 0) is 36.2 Å². The van der Waals surface area contributed by atoms with Crippen molar-refractivity contribution in [3.8, 4) is 23.5 Å². The molecule has 1 N–H and O–H groups in total. The van der Waals surface area contributed by atoms with E-state index in [4.69, 9.17) is 42.1 Å². The Hall–Kier alpha value is -3.82. The first-order chi connectivity index (χ1) is 17.3. The van der Waals surface area contributed by atoms with Gasteiger partial charge in [-0.15, -0.1) is 0 Å². The SMILES string of the molecule is COC(=O)C(CC=Cc1ccc(Oc2nc(OC)cc(OC)n2)cc1)NC(=O)c1c(Cl)cccc1Cl. The Morgan fingerprint density at radius 2 is 1.58 bits per heavy atom. The van der Waals surface area contributed by atoms with Gasteiger partial charge in [-0.2, -0.15) is 9.97 Å². The first-order valence-electron chi connectivity index (χ1n) is 10.6. The summed E-state index contributed by atoms with van der Waals surface area (Å²) in [6.07, 6.45) is 3.71. The van der Waals surface area contributed by atoms with Crippen LogP contribution in [0.2, 0.25) is 10.0 Å². The molecular weight excluding hydrogens is 509 g/mol. The number of carbonyl (C=O) groups is 2. The van der Waals surface area contributed by atoms with E-state index in [2.05, 4.69) is 15.3 Å². The number of aromatic nitrogens is 2. The quantitative estimate of drug-likeness (QED) is 0.365. The maximum Gasteiger partial charge on any atom is 0.328 e. The highest BCUT2D eigenvalue weighted by Gasteiger charge is 2.23. The first-order valence-corrected chi connectivity index (χ1v) is 11.3. The summed E-state index contributed by atoms with van der Waals surface area (Å²) in [4.78, 5) is 33.1. The van der Waals surface area contributed by atoms with E-state index in [0.29, 0.717) is 17.5 Å². The van der Waals surface area contributed by atoms with E-state index < -0.39 is 17.9 Å². The molecule has 9 nitrogen and oxygen atoms in total. The summed E-state index contributed by atoms with van der Waals surface area (Å²) in [5, 5.41) is 2.98. The van der Waals surface area contributed by atoms with Crippen LogP contribution in [0.25, 0.3) is 6.08 Å². The van der Waals surface area contributed by atoms with Crippen LogP contribution in [-0.2, 0) is 9.53 Å². The van der Waals surface area contributed by atoms with Crippen LogP contribution in [0.5, 0.6) is 23.5 Å². The van der Waals surface area contributed by atoms with Crippen molar-refractivity contribution >= 4 is 41.2 Å². The minimum absolute atomic E-state index is 0.0739. The van der Waals surface area contributed by atoms with E-state index in [1.165, 1.54) is 27.4 Å². The maximum atomic E-state index is 12.7. The average Bonchev–Trinajstić information content (AvgIpc) is 2.88. The molecule has 0 spiro atoms. The molecule has 1 unspecified atom stereocenters. The third-order valence-electron chi connectivity index (χ3n) is 4.83. The van der Waals surface area contributed by atoms with E-state index >= 15 is 0 Å². The Morgan fingerprint density at radius 1 is 0.972 bits per heavy atom. The summed E-state index contributed by atoms with van der Waals surface area (Å²) in [7, 11) is 4.21. The number of hydrogen-bond acceptors (Lipinski definition) is 8. The van der Waals surface area contributed by atoms with Crippen LogP contribution < -0.4 is 19.5 Å². The highest BCUT2D eigenvalue weighted by Crippen LogP contribution is 2.25. The Bertz CT molecular complexity index is 1210. The van der Waals surface area contributed by atoms with Gasteiger partial charge in [0.05, 0.1) is 43.0 Å². The zero-order valence-electron chi connectivity index (χ0n) is 19.7. The van der Waals surface area contributed by atoms with Gasteiger partial charge in [0, 0.05) is 0 Å². The lowest BCUT2D eigenvalue weighted by atomic mass is 10.1. The first kappa shape index (κ1) is 26.8. The summed E-state index contributed by atoms with van der Waals surface area (Å²) in [6.45, 7) is 0. The van der Waals surface area contributed by atoms with Crippen LogP contribution in [0.15, 0.2) is 54.6 Å². The van der Waals surface area contributed by atoms with Crippen molar-refractivity contribution in [1.82, 2.24) is 15.3 Å². The molecule has 3 aromatic rings. The van der Waals surface area contributed by atoms with Gasteiger partial charge < -0.3 is 24.3 Å². The zero-order chi connectivity index (χ0) is 26.1. The molecule has 0 saturated carbocycles. The van der Waals surface area contributed by atoms with Crippen LogP contribution in [0.1, 0.15) is 22.3 Å². The van der Waals surface area contributed by atoms with E-state index in [9.17, 15) is 9.59 Å². The van der Waals surface area contributed by atoms with Crippen molar-refractivity contribution in [3.63, 3.8) is 0 Å². The molecule has 188 valence electrons. The normalized spacial score (nSPS) is 11.6. The molecule has 11 heteroatoms. The van der Waals surface area contributed by atoms with Crippen LogP contribution in [0.4, 0.5) is 0 Å². The highest BCUT2D eigenvalue weighted by molar-refractivity contribution is 6.39. The molecule has 0 bridgehead atoms. The summed E-state index contributed by atoms with van der Waals surface area (Å²) >= 11 is 12.2. The molecule has 0 aliphatic heterocycles. The van der Waals surface area contributed by atoms with E-state index in [1.54, 1.807) is 54.6 Å². The van der Waals surface area contributed by atoms with Crippen molar-refractivity contribution in [2.45, 2.75) is 12.5 Å². The molecule has 1 amide bonds. The third kappa shape index (κ3) is 7.10. The number of carbonyl (C=O) groups excluding carboxylic acids is 2. The van der Waals surface area contributed by atoms with Gasteiger partial charge in [-0.25, -0.2) is 4.79 Å². The number of nitrogens with one attached hydrogen (secondary N) is 1. The number of hydrogen-bond donors (Lipinski definition) is 1. The van der Waals surface area contributed by atoms with Gasteiger partial charge in [-0.3, -0.25) is 4.79 Å². The average molecular weight is 532 g/mol. The van der Waals surface area contributed by atoms with Crippen molar-refractivity contribution in [3.05, 3.63) is 75.8 Å². The fourth-order valence-corrected chi connectivity index (χ4v) is 3.60. The van der Waals surface area contributed by atoms with Crippen molar-refractivity contribution < 1.29 is 28.5 Å². The standard InChI is InChI=1S/C25H23Cl2N3O6/c1-33-20-14-21(34-2)30-25(29-20)36-16-12-10-15(11-13-16)6-4-9-19(24(32)35-3)28-23(31)22-17(26)7-5-8-18(22)27/h4-8,10-14,19H,9H2,1-3H3,(H,28,31). The molecule has 1 atom stereocenters. The Morgan fingerprint density at radius 3 is 2.14 bits per heavy atom. The van der Waals surface area contributed by atoms with Crippen molar-refractivity contribution in [2.24, 2.45) is 0 Å². The summed E-state index contributed by atoms with van der Waals surface area (Å²) in [5.41, 5.74) is 0.919. The minimum atomic E-state index is -0.936. The Balaban J connectivity index is 1.65. The second-order valence-corrected chi connectivity index (χ2v) is 8.00. The number of ether oxygens (including phenoxy) is 4. The van der Waals surface area contributed by atoms with E-state index in [1.807, 2.05) is 0 Å². The fourth-order valence-electron chi connectivity index (χ4n) is 3.03. The molecule has 36 heavy (non-hydrogen) atoms. The second-order valence-electron chi connectivity index (χ2n) is 7.19. The van der Waals surface area contributed by atoms with Gasteiger partial charge in [0.2, 0.25) is 11.8 Å². The van der Waals surface area contributed by atoms with Gasteiger partial charge in [-0.1, -0.05) is 53.6 Å². The van der Waals surface area contributed by atoms with E-state index in [0.717, 1.165) is 5.56 Å². The lowest BCUT2D eigenvalue weighted by Crippen LogP contribution is -2.41. The second kappa shape index (κ2) is 12.8. The number of esters is 1. The minimum Gasteiger partial charge on any atom is -0.481 e. The Labute approximate surface area is 218 Å². The number of rotatable bonds is 10. The predicted octanol–water partition coefficient (Wildman–Crippen LogP) is 4.97. The molecule has 3 rings (SSSR count). The number of halogens is 2. The lowest BCUT2D eigenvalue weighted by molar-refractivity contribution is -0.142. The molecule has 1 heterocycles. The molecule has 0 aliphatic rings. The predicted molar refractivity (Wildman–Crippen MR) is 135 cm³/mol. The summed E-state index contributed by atoms with van der Waals surface area (Å²) in [6, 6.07) is 12.4. The highest BCUT2D eigenvalue weighted by atomic mass is 35.5. The number of amides is 1. The Kier molecular flexibility index (Phi) is 9.49. The number of nitrogens with zero attached hydrogens (tertiary/aromatic N) is 2. The molecule has 0 fully saturated rings. The third-order valence-corrected chi connectivity index (χ3v) is 5.46. The lowest BCUT2D eigenvalue weighted by Gasteiger charge is -2.16. The number of methoxy groups -OCH3 is 3. The van der Waals surface area contributed by atoms with E-state index in [-0.39, 0.29) is 28.0 Å². The maximum absolute atomic E-state index is 12.7. The molecule has 0 radical (unpaired) electrons. The van der Waals surface area contributed by atoms with Crippen molar-refractivity contribution in [2.75, 3.05) is 21.3 Å². The van der Waals surface area contributed by atoms with Gasteiger partial charge >= 0.3 is 12.0 Å². The van der Waals surface area contributed by atoms with Crippen LogP contribution in [0, 0.1) is 0 Å². The van der Waals surface area contributed by atoms with Crippen LogP contribution >= 0.6 is 23.2 Å². The van der Waals surface area contributed by atoms with Crippen LogP contribution in [0.3, 0.4) is 0 Å². The van der Waals surface area contributed by atoms with Gasteiger partial charge in [0.25, 0.3) is 5.91 Å². The fraction of sp³-hybridized carbons (Fsp3) is 0.200. The largest absolute Gasteiger partial charge is 0.481 e. The van der Waals surface area contributed by atoms with Crippen molar-refractivity contribution in [1.29, 1.82) is 0 Å². The number of benzene rings is 2. The van der Waals surface area contributed by atoms with Crippen LogP contribution in [-0.4, -0.2) is 49.2 Å².